The van der Waals surface area contributed by atoms with E-state index in [1.807, 2.05) is 6.08 Å². The number of carbonyl (C=O) groups excluding carboxylic acids is 2. The number of rotatable bonds is 42. The number of hydrogen-bond donors (Lipinski definition) is 7. The summed E-state index contributed by atoms with van der Waals surface area (Å²) in [6, 6.07) is 0. The van der Waals surface area contributed by atoms with Crippen LogP contribution in [0, 0.1) is 0 Å². The van der Waals surface area contributed by atoms with Crippen LogP contribution in [0.15, 0.2) is 61.3 Å². The van der Waals surface area contributed by atoms with E-state index in [0.29, 0.717) is 12.8 Å². The summed E-state index contributed by atoms with van der Waals surface area (Å²) in [5.41, 5.74) is 0. The molecule has 11 atom stereocenters. The van der Waals surface area contributed by atoms with Crippen molar-refractivity contribution in [3.05, 3.63) is 61.3 Å². The average molecular weight is 995 g/mol. The third-order valence-corrected chi connectivity index (χ3v) is 12.6. The van der Waals surface area contributed by atoms with Crippen LogP contribution in [0.3, 0.4) is 0 Å². The standard InChI is InChI=1S/C55H94O15/c1-3-5-7-9-11-13-15-17-19-20-21-22-24-26-28-30-32-34-36-38-47(58)68-43(40-65-46(57)37-35-33-31-29-27-25-23-18-16-14-12-10-8-6-4-2)41-66-54-53(64)51(62)49(60)45(70-54)42-67-55-52(63)50(61)48(59)44(39-56)69-55/h4,11,13,17,19,21-22,26,28,43-45,48-56,59-64H,2-3,5-10,12,14-16,18,20,23-25,27,29-42H2,1H3/b13-11+,19-17+,22-21+,28-26+/t43-,44+,45+,48-,49-,50?,51?,52?,53?,54+,55+/m1/s1. The van der Waals surface area contributed by atoms with Crippen LogP contribution >= 0.6 is 0 Å². The van der Waals surface area contributed by atoms with Gasteiger partial charge < -0.3 is 64.2 Å². The lowest BCUT2D eigenvalue weighted by Gasteiger charge is -2.42. The molecule has 15 nitrogen and oxygen atoms in total. The van der Waals surface area contributed by atoms with Crippen molar-refractivity contribution in [3.8, 4) is 0 Å². The molecule has 2 rings (SSSR count). The van der Waals surface area contributed by atoms with E-state index in [4.69, 9.17) is 28.4 Å². The third-order valence-electron chi connectivity index (χ3n) is 12.6. The monoisotopic (exact) mass is 995 g/mol. The van der Waals surface area contributed by atoms with Crippen molar-refractivity contribution in [1.82, 2.24) is 0 Å². The van der Waals surface area contributed by atoms with Gasteiger partial charge in [0.2, 0.25) is 0 Å². The Morgan fingerprint density at radius 1 is 0.500 bits per heavy atom. The highest BCUT2D eigenvalue weighted by atomic mass is 16.7. The number of unbranched alkanes of at least 4 members (excludes halogenated alkanes) is 19. The van der Waals surface area contributed by atoms with Crippen molar-refractivity contribution >= 4 is 11.9 Å². The van der Waals surface area contributed by atoms with Crippen molar-refractivity contribution in [2.45, 2.75) is 248 Å². The molecule has 2 fully saturated rings. The Labute approximate surface area is 420 Å². The number of carbonyl (C=O) groups is 2. The Balaban J connectivity index is 1.81. The maximum atomic E-state index is 13.0. The van der Waals surface area contributed by atoms with Gasteiger partial charge in [-0.3, -0.25) is 9.59 Å². The molecule has 0 aromatic carbocycles. The number of aliphatic hydroxyl groups is 7. The summed E-state index contributed by atoms with van der Waals surface area (Å²) in [6.07, 6.45) is 29.9. The van der Waals surface area contributed by atoms with Gasteiger partial charge in [-0.25, -0.2) is 0 Å². The first kappa shape index (κ1) is 63.3. The summed E-state index contributed by atoms with van der Waals surface area (Å²) in [4.78, 5) is 25.8. The third kappa shape index (κ3) is 29.0. The zero-order valence-corrected chi connectivity index (χ0v) is 42.6. The molecule has 0 aromatic rings. The van der Waals surface area contributed by atoms with Crippen molar-refractivity contribution in [2.75, 3.05) is 26.4 Å². The smallest absolute Gasteiger partial charge is 0.306 e. The fraction of sp³-hybridized carbons (Fsp3) is 0.782. The largest absolute Gasteiger partial charge is 0.462 e. The minimum absolute atomic E-state index is 0.125. The first-order valence-corrected chi connectivity index (χ1v) is 26.8. The molecule has 2 heterocycles. The van der Waals surface area contributed by atoms with Gasteiger partial charge in [0.15, 0.2) is 18.7 Å². The molecule has 0 aromatic heterocycles. The molecule has 2 aliphatic heterocycles. The molecule has 0 spiro atoms. The molecule has 15 heteroatoms. The van der Waals surface area contributed by atoms with Crippen molar-refractivity contribution in [3.63, 3.8) is 0 Å². The summed E-state index contributed by atoms with van der Waals surface area (Å²) < 4.78 is 33.6. The van der Waals surface area contributed by atoms with Crippen LogP contribution in [0.5, 0.6) is 0 Å². The summed E-state index contributed by atoms with van der Waals surface area (Å²) in [5, 5.41) is 72.1. The van der Waals surface area contributed by atoms with Gasteiger partial charge in [0.1, 0.15) is 55.4 Å². The van der Waals surface area contributed by atoms with Gasteiger partial charge >= 0.3 is 11.9 Å². The first-order valence-electron chi connectivity index (χ1n) is 26.8. The van der Waals surface area contributed by atoms with Gasteiger partial charge in [-0.05, 0) is 70.6 Å². The van der Waals surface area contributed by atoms with Gasteiger partial charge in [-0.2, -0.15) is 0 Å². The van der Waals surface area contributed by atoms with Crippen LogP contribution in [-0.4, -0.2) is 142 Å². The summed E-state index contributed by atoms with van der Waals surface area (Å²) >= 11 is 0. The Kier molecular flexibility index (Phi) is 37.7. The van der Waals surface area contributed by atoms with Crippen LogP contribution < -0.4 is 0 Å². The normalized spacial score (nSPS) is 25.7. The number of esters is 2. The lowest BCUT2D eigenvalue weighted by atomic mass is 9.98. The average Bonchev–Trinajstić information content (AvgIpc) is 3.35. The van der Waals surface area contributed by atoms with E-state index in [-0.39, 0.29) is 19.4 Å². The van der Waals surface area contributed by atoms with Gasteiger partial charge in [0.25, 0.3) is 0 Å². The quantitative estimate of drug-likeness (QED) is 0.0174. The molecule has 7 N–H and O–H groups in total. The Hall–Kier alpha value is -2.80. The Bertz CT molecular complexity index is 1430. The van der Waals surface area contributed by atoms with Crippen molar-refractivity contribution in [1.29, 1.82) is 0 Å². The Morgan fingerprint density at radius 2 is 0.929 bits per heavy atom. The van der Waals surface area contributed by atoms with Gasteiger partial charge in [0, 0.05) is 12.8 Å². The molecular weight excluding hydrogens is 901 g/mol. The fourth-order valence-electron chi connectivity index (χ4n) is 8.18. The van der Waals surface area contributed by atoms with Crippen LogP contribution in [0.2, 0.25) is 0 Å². The maximum Gasteiger partial charge on any atom is 0.306 e. The minimum atomic E-state index is -1.77. The maximum absolute atomic E-state index is 13.0. The van der Waals surface area contributed by atoms with Crippen LogP contribution in [-0.2, 0) is 38.0 Å². The molecule has 0 aliphatic carbocycles. The van der Waals surface area contributed by atoms with Crippen molar-refractivity contribution in [2.24, 2.45) is 0 Å². The van der Waals surface area contributed by atoms with Crippen LogP contribution in [0.1, 0.15) is 180 Å². The van der Waals surface area contributed by atoms with E-state index < -0.39 is 99.3 Å². The van der Waals surface area contributed by atoms with Crippen LogP contribution in [0.4, 0.5) is 0 Å². The second-order valence-corrected chi connectivity index (χ2v) is 18.8. The number of ether oxygens (including phenoxy) is 6. The number of allylic oxidation sites excluding steroid dienone is 9. The first-order chi connectivity index (χ1) is 34.0. The van der Waals surface area contributed by atoms with Gasteiger partial charge in [0.05, 0.1) is 19.8 Å². The van der Waals surface area contributed by atoms with E-state index in [9.17, 15) is 45.3 Å². The summed E-state index contributed by atoms with van der Waals surface area (Å²) in [6.45, 7) is 4.06. The van der Waals surface area contributed by atoms with E-state index in [2.05, 4.69) is 62.1 Å². The fourth-order valence-corrected chi connectivity index (χ4v) is 8.18. The highest BCUT2D eigenvalue weighted by molar-refractivity contribution is 5.70. The van der Waals surface area contributed by atoms with Gasteiger partial charge in [-0.1, -0.05) is 151 Å². The highest BCUT2D eigenvalue weighted by Gasteiger charge is 2.47. The molecular formula is C55H94O15. The summed E-state index contributed by atoms with van der Waals surface area (Å²) in [5.74, 6) is -0.965. The lowest BCUT2D eigenvalue weighted by Crippen LogP contribution is -2.61. The topological polar surface area (TPSA) is 231 Å². The number of aliphatic hydroxyl groups excluding tert-OH is 7. The molecule has 2 saturated heterocycles. The molecule has 0 radical (unpaired) electrons. The zero-order chi connectivity index (χ0) is 51.0. The van der Waals surface area contributed by atoms with Crippen molar-refractivity contribution < 1.29 is 73.8 Å². The SMILES string of the molecule is C=CCCCCCCCCCCCCCCCC(=O)OC[C@H](CO[C@H]1O[C@@H](CO[C@H]2O[C@@H](CO)[C@@H](O)C(O)C2O)[C@@H](O)C(O)C1O)OC(=O)CCCCC/C=C/C/C=C/C/C=C/C/C=C/CCCCC. The second-order valence-electron chi connectivity index (χ2n) is 18.8. The van der Waals surface area contributed by atoms with Gasteiger partial charge in [-0.15, -0.1) is 6.58 Å². The summed E-state index contributed by atoms with van der Waals surface area (Å²) in [7, 11) is 0. The predicted molar refractivity (Wildman–Crippen MR) is 270 cm³/mol. The van der Waals surface area contributed by atoms with Crippen LogP contribution in [0.25, 0.3) is 0 Å². The molecule has 70 heavy (non-hydrogen) atoms. The second kappa shape index (κ2) is 41.6. The van der Waals surface area contributed by atoms with E-state index in [0.717, 1.165) is 70.6 Å². The van der Waals surface area contributed by atoms with E-state index in [1.165, 1.54) is 77.0 Å². The molecule has 2 aliphatic rings. The highest BCUT2D eigenvalue weighted by Crippen LogP contribution is 2.26. The lowest BCUT2D eigenvalue weighted by molar-refractivity contribution is -0.332. The minimum Gasteiger partial charge on any atom is -0.462 e. The molecule has 404 valence electrons. The van der Waals surface area contributed by atoms with E-state index in [1.54, 1.807) is 0 Å². The number of hydrogen-bond acceptors (Lipinski definition) is 15. The predicted octanol–water partition coefficient (Wildman–Crippen LogP) is 8.05. The van der Waals surface area contributed by atoms with E-state index >= 15 is 0 Å². The molecule has 0 bridgehead atoms. The molecule has 0 saturated carbocycles. The Morgan fingerprint density at radius 3 is 1.46 bits per heavy atom. The molecule has 4 unspecified atom stereocenters. The zero-order valence-electron chi connectivity index (χ0n) is 42.6. The molecule has 0 amide bonds.